The summed E-state index contributed by atoms with van der Waals surface area (Å²) >= 11 is 1.13. The summed E-state index contributed by atoms with van der Waals surface area (Å²) in [6.07, 6.45) is 1.83. The fourth-order valence-corrected chi connectivity index (χ4v) is 3.06. The van der Waals surface area contributed by atoms with Gasteiger partial charge in [-0.1, -0.05) is 36.0 Å². The number of carbonyl (C=O) groups is 1. The summed E-state index contributed by atoms with van der Waals surface area (Å²) in [5.74, 6) is -1.20. The lowest BCUT2D eigenvalue weighted by Gasteiger charge is -2.08. The number of halogens is 1. The van der Waals surface area contributed by atoms with Crippen LogP contribution in [0, 0.1) is 5.82 Å². The van der Waals surface area contributed by atoms with E-state index in [2.05, 4.69) is 20.3 Å². The van der Waals surface area contributed by atoms with E-state index in [0.717, 1.165) is 17.3 Å². The molecule has 0 amide bonds. The first kappa shape index (κ1) is 16.3. The molecular formula is C15H14FN5O2S. The van der Waals surface area contributed by atoms with Crippen LogP contribution in [0.15, 0.2) is 35.6 Å². The number of rotatable bonds is 6. The Labute approximate surface area is 140 Å². The summed E-state index contributed by atoms with van der Waals surface area (Å²) in [6.45, 7) is 2.18. The first-order valence-corrected chi connectivity index (χ1v) is 8.14. The molecule has 0 aliphatic heterocycles. The summed E-state index contributed by atoms with van der Waals surface area (Å²) in [5, 5.41) is 17.2. The van der Waals surface area contributed by atoms with Gasteiger partial charge < -0.3 is 5.11 Å². The Morgan fingerprint density at radius 2 is 2.08 bits per heavy atom. The lowest BCUT2D eigenvalue weighted by molar-refractivity contribution is -0.136. The van der Waals surface area contributed by atoms with E-state index in [0.29, 0.717) is 29.2 Å². The zero-order valence-electron chi connectivity index (χ0n) is 12.8. The maximum atomic E-state index is 13.0. The average Bonchev–Trinajstić information content (AvgIpc) is 2.98. The highest BCUT2D eigenvalue weighted by atomic mass is 32.2. The maximum Gasteiger partial charge on any atom is 0.317 e. The number of aliphatic carboxylic acids is 1. The number of aromatic nitrogens is 5. The van der Waals surface area contributed by atoms with Gasteiger partial charge in [-0.3, -0.25) is 4.79 Å². The molecule has 2 heterocycles. The highest BCUT2D eigenvalue weighted by Gasteiger charge is 2.21. The molecule has 9 heteroatoms. The van der Waals surface area contributed by atoms with Gasteiger partial charge in [-0.15, -0.1) is 5.10 Å². The van der Waals surface area contributed by atoms with Crippen LogP contribution in [0.5, 0.6) is 0 Å². The number of carboxylic acids is 1. The van der Waals surface area contributed by atoms with Crippen molar-refractivity contribution in [3.8, 4) is 0 Å². The molecule has 124 valence electrons. The quantitative estimate of drug-likeness (QED) is 0.540. The normalized spacial score (nSPS) is 12.4. The number of benzene rings is 1. The van der Waals surface area contributed by atoms with Gasteiger partial charge >= 0.3 is 5.97 Å². The molecule has 0 aliphatic rings. The Morgan fingerprint density at radius 3 is 2.75 bits per heavy atom. The molecule has 0 radical (unpaired) electrons. The van der Waals surface area contributed by atoms with Crippen LogP contribution in [0.4, 0.5) is 4.39 Å². The van der Waals surface area contributed by atoms with Gasteiger partial charge in [-0.05, 0) is 24.1 Å². The van der Waals surface area contributed by atoms with Gasteiger partial charge in [-0.2, -0.15) is 0 Å². The molecule has 24 heavy (non-hydrogen) atoms. The second-order valence-corrected chi connectivity index (χ2v) is 6.27. The zero-order valence-corrected chi connectivity index (χ0v) is 13.6. The smallest absolute Gasteiger partial charge is 0.317 e. The van der Waals surface area contributed by atoms with Crippen molar-refractivity contribution in [2.45, 2.75) is 30.2 Å². The lowest BCUT2D eigenvalue weighted by atomic mass is 10.2. The fourth-order valence-electron chi connectivity index (χ4n) is 2.17. The summed E-state index contributed by atoms with van der Waals surface area (Å²) in [5.41, 5.74) is 1.83. The van der Waals surface area contributed by atoms with Gasteiger partial charge in [-0.25, -0.2) is 19.0 Å². The second-order valence-electron chi connectivity index (χ2n) is 5.08. The van der Waals surface area contributed by atoms with Gasteiger partial charge in [0.2, 0.25) is 0 Å². The molecule has 0 saturated carbocycles. The van der Waals surface area contributed by atoms with E-state index in [1.165, 1.54) is 18.5 Å². The number of nitrogens with zero attached hydrogens (tertiary/aromatic N) is 5. The van der Waals surface area contributed by atoms with E-state index in [1.54, 1.807) is 23.7 Å². The largest absolute Gasteiger partial charge is 0.480 e. The van der Waals surface area contributed by atoms with Crippen molar-refractivity contribution in [1.82, 2.24) is 25.0 Å². The summed E-state index contributed by atoms with van der Waals surface area (Å²) < 4.78 is 14.6. The van der Waals surface area contributed by atoms with Crippen molar-refractivity contribution in [1.29, 1.82) is 0 Å². The first-order valence-electron chi connectivity index (χ1n) is 7.26. The minimum Gasteiger partial charge on any atom is -0.480 e. The van der Waals surface area contributed by atoms with E-state index in [9.17, 15) is 14.3 Å². The van der Waals surface area contributed by atoms with Gasteiger partial charge in [0.1, 0.15) is 22.4 Å². The topological polar surface area (TPSA) is 93.8 Å². The Hall–Kier alpha value is -2.55. The van der Waals surface area contributed by atoms with Crippen molar-refractivity contribution in [2.75, 3.05) is 0 Å². The number of carboxylic acid groups (broad SMARTS) is 1. The number of thioether (sulfide) groups is 1. The number of fused-ring (bicyclic) bond motifs is 1. The summed E-state index contributed by atoms with van der Waals surface area (Å²) in [4.78, 5) is 19.5. The standard InChI is InChI=1S/C15H14FN5O2S/c1-2-11(15(22)23)24-14-12-13(17-8-18-14)21(20-19-12)7-9-3-5-10(16)6-4-9/h3-6,8,11H,2,7H2,1H3,(H,22,23)/t11-/m1/s1. The number of hydrogen-bond donors (Lipinski definition) is 1. The Bertz CT molecular complexity index is 868. The van der Waals surface area contributed by atoms with Crippen LogP contribution in [0.2, 0.25) is 0 Å². The van der Waals surface area contributed by atoms with Crippen LogP contribution in [0.3, 0.4) is 0 Å². The molecule has 0 spiro atoms. The zero-order chi connectivity index (χ0) is 17.1. The number of hydrogen-bond acceptors (Lipinski definition) is 6. The molecule has 3 rings (SSSR count). The minimum absolute atomic E-state index is 0.303. The van der Waals surface area contributed by atoms with E-state index >= 15 is 0 Å². The Morgan fingerprint density at radius 1 is 1.33 bits per heavy atom. The molecule has 0 saturated heterocycles. The summed E-state index contributed by atoms with van der Waals surface area (Å²) in [7, 11) is 0. The van der Waals surface area contributed by atoms with Crippen LogP contribution < -0.4 is 0 Å². The van der Waals surface area contributed by atoms with E-state index in [4.69, 9.17) is 0 Å². The molecule has 7 nitrogen and oxygen atoms in total. The third-order valence-corrected chi connectivity index (χ3v) is 4.75. The molecule has 1 aromatic carbocycles. The lowest BCUT2D eigenvalue weighted by Crippen LogP contribution is -2.15. The predicted octanol–water partition coefficient (Wildman–Crippen LogP) is 2.36. The van der Waals surface area contributed by atoms with Gasteiger partial charge in [0.25, 0.3) is 0 Å². The Kier molecular flexibility index (Phi) is 4.70. The van der Waals surface area contributed by atoms with E-state index in [-0.39, 0.29) is 5.82 Å². The predicted molar refractivity (Wildman–Crippen MR) is 86.2 cm³/mol. The van der Waals surface area contributed by atoms with Gasteiger partial charge in [0, 0.05) is 0 Å². The molecule has 0 fully saturated rings. The average molecular weight is 347 g/mol. The molecule has 0 unspecified atom stereocenters. The molecule has 0 aliphatic carbocycles. The van der Waals surface area contributed by atoms with Crippen molar-refractivity contribution < 1.29 is 14.3 Å². The van der Waals surface area contributed by atoms with Crippen LogP contribution in [-0.2, 0) is 11.3 Å². The van der Waals surface area contributed by atoms with Crippen molar-refractivity contribution >= 4 is 28.9 Å². The van der Waals surface area contributed by atoms with Gasteiger partial charge in [0.05, 0.1) is 6.54 Å². The van der Waals surface area contributed by atoms with Crippen molar-refractivity contribution in [3.05, 3.63) is 42.0 Å². The highest BCUT2D eigenvalue weighted by Crippen LogP contribution is 2.28. The molecule has 0 bridgehead atoms. The minimum atomic E-state index is -0.895. The summed E-state index contributed by atoms with van der Waals surface area (Å²) in [6, 6.07) is 6.08. The van der Waals surface area contributed by atoms with E-state index < -0.39 is 11.2 Å². The second kappa shape index (κ2) is 6.91. The highest BCUT2D eigenvalue weighted by molar-refractivity contribution is 8.00. The van der Waals surface area contributed by atoms with Crippen molar-refractivity contribution in [2.24, 2.45) is 0 Å². The Balaban J connectivity index is 1.91. The SMILES string of the molecule is CC[C@@H](Sc1ncnc2c1nnn2Cc1ccc(F)cc1)C(=O)O. The van der Waals surface area contributed by atoms with Gasteiger partial charge in [0.15, 0.2) is 11.2 Å². The molecular weight excluding hydrogens is 333 g/mol. The fraction of sp³-hybridized carbons (Fsp3) is 0.267. The molecule has 1 N–H and O–H groups in total. The molecule has 2 aromatic heterocycles. The van der Waals surface area contributed by atoms with E-state index in [1.807, 2.05) is 0 Å². The van der Waals surface area contributed by atoms with Crippen LogP contribution >= 0.6 is 11.8 Å². The molecule has 3 aromatic rings. The molecule has 1 atom stereocenters. The van der Waals surface area contributed by atoms with Crippen LogP contribution in [0.25, 0.3) is 11.2 Å². The van der Waals surface area contributed by atoms with Crippen LogP contribution in [0.1, 0.15) is 18.9 Å². The third kappa shape index (κ3) is 3.35. The third-order valence-electron chi connectivity index (χ3n) is 3.41. The maximum absolute atomic E-state index is 13.0. The monoisotopic (exact) mass is 347 g/mol. The van der Waals surface area contributed by atoms with Crippen molar-refractivity contribution in [3.63, 3.8) is 0 Å². The van der Waals surface area contributed by atoms with Crippen LogP contribution in [-0.4, -0.2) is 41.3 Å². The first-order chi connectivity index (χ1) is 11.6.